The SMILES string of the molecule is O=S(=O)(OB(F)F)C(F)(F)F. The van der Waals surface area contributed by atoms with E-state index in [0.717, 1.165) is 0 Å². The molecule has 0 aromatic heterocycles. The summed E-state index contributed by atoms with van der Waals surface area (Å²) in [5.74, 6) is 0. The maximum atomic E-state index is 11.1. The Morgan fingerprint density at radius 2 is 1.55 bits per heavy atom. The Bertz CT molecular complexity index is 216. The number of alkyl halides is 3. The molecule has 0 unspecified atom stereocenters. The lowest BCUT2D eigenvalue weighted by atomic mass is 10.4. The summed E-state index contributed by atoms with van der Waals surface area (Å²) in [5.41, 5.74) is -5.80. The van der Waals surface area contributed by atoms with E-state index in [2.05, 4.69) is 4.10 Å². The standard InChI is InChI=1S/CBF5O3S/c3-1(4,5)11(8,9)10-2(6)7. The molecule has 0 fully saturated rings. The van der Waals surface area contributed by atoms with Crippen LogP contribution in [0.4, 0.5) is 21.8 Å². The highest BCUT2D eigenvalue weighted by atomic mass is 32.2. The van der Waals surface area contributed by atoms with Gasteiger partial charge in [0.15, 0.2) is 0 Å². The highest BCUT2D eigenvalue weighted by Gasteiger charge is 2.50. The van der Waals surface area contributed by atoms with Crippen molar-refractivity contribution in [2.24, 2.45) is 0 Å². The molecule has 0 heterocycles. The van der Waals surface area contributed by atoms with Crippen LogP contribution in [0.1, 0.15) is 0 Å². The molecule has 0 amide bonds. The minimum atomic E-state index is -6.15. The summed E-state index contributed by atoms with van der Waals surface area (Å²) in [7, 11) is -10.1. The van der Waals surface area contributed by atoms with Crippen LogP contribution in [0.5, 0.6) is 0 Å². The van der Waals surface area contributed by atoms with Crippen LogP contribution in [-0.2, 0) is 14.2 Å². The maximum Gasteiger partial charge on any atom is 0.736 e. The third kappa shape index (κ3) is 3.01. The zero-order valence-electron chi connectivity index (χ0n) is 4.60. The van der Waals surface area contributed by atoms with E-state index < -0.39 is 23.1 Å². The minimum Gasteiger partial charge on any atom is -0.257 e. The first-order chi connectivity index (χ1) is 4.67. The van der Waals surface area contributed by atoms with Crippen LogP contribution in [0, 0.1) is 0 Å². The lowest BCUT2D eigenvalue weighted by Crippen LogP contribution is -2.28. The molecule has 3 nitrogen and oxygen atoms in total. The Morgan fingerprint density at radius 1 is 1.18 bits per heavy atom. The van der Waals surface area contributed by atoms with E-state index in [4.69, 9.17) is 0 Å². The van der Waals surface area contributed by atoms with E-state index >= 15 is 0 Å². The summed E-state index contributed by atoms with van der Waals surface area (Å²) in [6.45, 7) is 0. The van der Waals surface area contributed by atoms with E-state index in [1.165, 1.54) is 0 Å². The Morgan fingerprint density at radius 3 is 1.64 bits per heavy atom. The van der Waals surface area contributed by atoms with Crippen molar-refractivity contribution in [2.75, 3.05) is 0 Å². The van der Waals surface area contributed by atoms with Crippen molar-refractivity contribution in [1.82, 2.24) is 0 Å². The van der Waals surface area contributed by atoms with Gasteiger partial charge in [-0.2, -0.15) is 21.6 Å². The van der Waals surface area contributed by atoms with Gasteiger partial charge >= 0.3 is 23.1 Å². The monoisotopic (exact) mass is 198 g/mol. The largest absolute Gasteiger partial charge is 0.736 e. The van der Waals surface area contributed by atoms with Gasteiger partial charge in [0.05, 0.1) is 0 Å². The van der Waals surface area contributed by atoms with Gasteiger partial charge in [-0.3, -0.25) is 12.7 Å². The summed E-state index contributed by atoms with van der Waals surface area (Å²) in [5, 5.41) is 0. The number of halogens is 5. The average Bonchev–Trinajstić information content (AvgIpc) is 1.56. The molecular formula is CBF5O3S. The second-order valence-electron chi connectivity index (χ2n) is 1.26. The molecule has 0 radical (unpaired) electrons. The van der Waals surface area contributed by atoms with Crippen molar-refractivity contribution >= 4 is 17.6 Å². The van der Waals surface area contributed by atoms with Gasteiger partial charge in [0.25, 0.3) is 0 Å². The van der Waals surface area contributed by atoms with Gasteiger partial charge in [0.1, 0.15) is 0 Å². The maximum absolute atomic E-state index is 11.1. The van der Waals surface area contributed by atoms with Crippen LogP contribution in [-0.4, -0.2) is 21.4 Å². The first kappa shape index (κ1) is 10.6. The summed E-state index contributed by atoms with van der Waals surface area (Å²) < 4.78 is 76.9. The van der Waals surface area contributed by atoms with Crippen molar-refractivity contribution in [2.45, 2.75) is 5.51 Å². The molecule has 0 atom stereocenters. The van der Waals surface area contributed by atoms with E-state index in [0.29, 0.717) is 0 Å². The Balaban J connectivity index is 4.51. The molecule has 0 aliphatic rings. The molecular weight excluding hydrogens is 198 g/mol. The number of hydrogen-bond donors (Lipinski definition) is 0. The molecule has 0 aromatic carbocycles. The first-order valence-corrected chi connectivity index (χ1v) is 3.35. The molecule has 66 valence electrons. The fourth-order valence-electron chi connectivity index (χ4n) is 0.150. The van der Waals surface area contributed by atoms with Gasteiger partial charge in [-0.1, -0.05) is 0 Å². The highest BCUT2D eigenvalue weighted by molar-refractivity contribution is 7.88. The molecule has 0 aliphatic heterocycles. The lowest BCUT2D eigenvalue weighted by molar-refractivity contribution is -0.0508. The lowest BCUT2D eigenvalue weighted by Gasteiger charge is -2.04. The zero-order valence-corrected chi connectivity index (χ0v) is 5.42. The Hall–Kier alpha value is -0.375. The van der Waals surface area contributed by atoms with Gasteiger partial charge in [0.2, 0.25) is 0 Å². The van der Waals surface area contributed by atoms with Crippen molar-refractivity contribution in [3.8, 4) is 0 Å². The molecule has 0 N–H and O–H groups in total. The fourth-order valence-corrected chi connectivity index (χ4v) is 0.451. The number of rotatable bonds is 2. The molecule has 0 saturated carbocycles. The predicted molar refractivity (Wildman–Crippen MR) is 24.0 cm³/mol. The second-order valence-corrected chi connectivity index (χ2v) is 2.82. The summed E-state index contributed by atoms with van der Waals surface area (Å²) in [6.07, 6.45) is 0. The van der Waals surface area contributed by atoms with Gasteiger partial charge in [-0.05, 0) is 0 Å². The van der Waals surface area contributed by atoms with E-state index in [1.807, 2.05) is 0 Å². The normalized spacial score (nSPS) is 13.2. The quantitative estimate of drug-likeness (QED) is 0.374. The Kier molecular flexibility index (Phi) is 2.83. The smallest absolute Gasteiger partial charge is 0.257 e. The van der Waals surface area contributed by atoms with Crippen LogP contribution in [0.3, 0.4) is 0 Å². The fraction of sp³-hybridized carbons (Fsp3) is 1.00. The summed E-state index contributed by atoms with van der Waals surface area (Å²) >= 11 is 0. The second kappa shape index (κ2) is 2.93. The van der Waals surface area contributed by atoms with Crippen LogP contribution >= 0.6 is 0 Å². The van der Waals surface area contributed by atoms with Crippen molar-refractivity contribution in [3.63, 3.8) is 0 Å². The van der Waals surface area contributed by atoms with Crippen LogP contribution in [0.25, 0.3) is 0 Å². The van der Waals surface area contributed by atoms with Gasteiger partial charge in [-0.25, -0.2) is 0 Å². The Labute approximate surface area is 58.5 Å². The van der Waals surface area contributed by atoms with E-state index in [1.54, 1.807) is 0 Å². The molecule has 0 rings (SSSR count). The molecule has 0 aliphatic carbocycles. The van der Waals surface area contributed by atoms with Crippen LogP contribution in [0.15, 0.2) is 0 Å². The van der Waals surface area contributed by atoms with Gasteiger partial charge in [0, 0.05) is 0 Å². The first-order valence-electron chi connectivity index (χ1n) is 1.94. The van der Waals surface area contributed by atoms with Gasteiger partial charge in [-0.15, -0.1) is 0 Å². The predicted octanol–water partition coefficient (Wildman–Crippen LogP) is 0.777. The number of hydrogen-bond acceptors (Lipinski definition) is 3. The summed E-state index contributed by atoms with van der Waals surface area (Å²) in [4.78, 5) is 0. The van der Waals surface area contributed by atoms with Crippen molar-refractivity contribution in [3.05, 3.63) is 0 Å². The molecule has 0 aromatic rings. The topological polar surface area (TPSA) is 43.4 Å². The third-order valence-corrected chi connectivity index (χ3v) is 1.45. The summed E-state index contributed by atoms with van der Waals surface area (Å²) in [6, 6.07) is 0. The highest BCUT2D eigenvalue weighted by Crippen LogP contribution is 2.25. The molecule has 0 saturated heterocycles. The van der Waals surface area contributed by atoms with E-state index in [9.17, 15) is 30.2 Å². The molecule has 10 heteroatoms. The average molecular weight is 198 g/mol. The molecule has 0 spiro atoms. The minimum absolute atomic E-state index is 2.32. The van der Waals surface area contributed by atoms with E-state index in [-0.39, 0.29) is 0 Å². The van der Waals surface area contributed by atoms with Crippen molar-refractivity contribution < 1.29 is 34.3 Å². The molecule has 0 bridgehead atoms. The van der Waals surface area contributed by atoms with Gasteiger partial charge < -0.3 is 0 Å². The van der Waals surface area contributed by atoms with Crippen molar-refractivity contribution in [1.29, 1.82) is 0 Å². The van der Waals surface area contributed by atoms with Crippen LogP contribution in [0.2, 0.25) is 0 Å². The van der Waals surface area contributed by atoms with Crippen LogP contribution < -0.4 is 0 Å². The zero-order chi connectivity index (χ0) is 9.28. The third-order valence-electron chi connectivity index (χ3n) is 0.483. The molecule has 11 heavy (non-hydrogen) atoms.